The molecule has 100 valence electrons. The van der Waals surface area contributed by atoms with Gasteiger partial charge < -0.3 is 10.0 Å². The van der Waals surface area contributed by atoms with Gasteiger partial charge in [-0.2, -0.15) is 0 Å². The summed E-state index contributed by atoms with van der Waals surface area (Å²) >= 11 is 0. The van der Waals surface area contributed by atoms with Gasteiger partial charge in [0.2, 0.25) is 0 Å². The molecule has 18 heavy (non-hydrogen) atoms. The van der Waals surface area contributed by atoms with Gasteiger partial charge in [-0.1, -0.05) is 6.07 Å². The van der Waals surface area contributed by atoms with E-state index in [2.05, 4.69) is 4.98 Å². The molecule has 0 bridgehead atoms. The number of rotatable bonds is 2. The lowest BCUT2D eigenvalue weighted by Gasteiger charge is -2.21. The molecule has 1 N–H and O–H groups in total. The fourth-order valence-corrected chi connectivity index (χ4v) is 3.27. The van der Waals surface area contributed by atoms with Crippen molar-refractivity contribution < 1.29 is 13.5 Å². The fraction of sp³-hybridized carbons (Fsp3) is 0.583. The van der Waals surface area contributed by atoms with Crippen LogP contribution in [0.3, 0.4) is 0 Å². The van der Waals surface area contributed by atoms with Crippen LogP contribution in [0.15, 0.2) is 18.3 Å². The second kappa shape index (κ2) is 5.24. The first kappa shape index (κ1) is 13.3. The SMILES string of the molecule is C[C@@H](O)c1ccc(N2CCCS(=O)(=O)CC2)nc1. The number of aliphatic hydroxyl groups excluding tert-OH is 1. The Balaban J connectivity index is 2.12. The number of pyridine rings is 1. The second-order valence-electron chi connectivity index (χ2n) is 4.62. The number of nitrogens with zero attached hydrogens (tertiary/aromatic N) is 2. The number of hydrogen-bond acceptors (Lipinski definition) is 5. The van der Waals surface area contributed by atoms with Gasteiger partial charge in [0.25, 0.3) is 0 Å². The van der Waals surface area contributed by atoms with Crippen molar-refractivity contribution in [2.24, 2.45) is 0 Å². The predicted octanol–water partition coefficient (Wildman–Crippen LogP) is 0.760. The molecular weight excluding hydrogens is 252 g/mol. The number of sulfone groups is 1. The summed E-state index contributed by atoms with van der Waals surface area (Å²) in [6.07, 6.45) is 1.75. The minimum absolute atomic E-state index is 0.187. The summed E-state index contributed by atoms with van der Waals surface area (Å²) in [6.45, 7) is 2.89. The van der Waals surface area contributed by atoms with Crippen LogP contribution in [0, 0.1) is 0 Å². The first-order valence-corrected chi connectivity index (χ1v) is 7.89. The molecule has 1 aromatic heterocycles. The van der Waals surface area contributed by atoms with Crippen molar-refractivity contribution in [3.8, 4) is 0 Å². The minimum atomic E-state index is -2.89. The molecule has 1 aliphatic rings. The van der Waals surface area contributed by atoms with Crippen molar-refractivity contribution in [2.75, 3.05) is 29.5 Å². The zero-order chi connectivity index (χ0) is 13.2. The number of hydrogen-bond donors (Lipinski definition) is 1. The Labute approximate surface area is 107 Å². The van der Waals surface area contributed by atoms with Gasteiger partial charge in [0.1, 0.15) is 5.82 Å². The normalized spacial score (nSPS) is 21.3. The van der Waals surface area contributed by atoms with Crippen molar-refractivity contribution in [1.82, 2.24) is 4.98 Å². The first-order chi connectivity index (χ1) is 8.48. The molecule has 2 heterocycles. The van der Waals surface area contributed by atoms with Crippen LogP contribution >= 0.6 is 0 Å². The highest BCUT2D eigenvalue weighted by molar-refractivity contribution is 7.91. The van der Waals surface area contributed by atoms with E-state index in [4.69, 9.17) is 0 Å². The summed E-state index contributed by atoms with van der Waals surface area (Å²) in [7, 11) is -2.89. The molecule has 0 radical (unpaired) electrons. The van der Waals surface area contributed by atoms with E-state index in [0.717, 1.165) is 11.4 Å². The van der Waals surface area contributed by atoms with Gasteiger partial charge >= 0.3 is 0 Å². The molecular formula is C12H18N2O3S. The van der Waals surface area contributed by atoms with Crippen LogP contribution in [-0.4, -0.2) is 43.1 Å². The fourth-order valence-electron chi connectivity index (χ4n) is 2.00. The van der Waals surface area contributed by atoms with E-state index in [1.165, 1.54) is 0 Å². The van der Waals surface area contributed by atoms with Crippen LogP contribution in [-0.2, 0) is 9.84 Å². The largest absolute Gasteiger partial charge is 0.389 e. The Hall–Kier alpha value is -1.14. The average Bonchev–Trinajstić information content (AvgIpc) is 2.50. The van der Waals surface area contributed by atoms with Crippen molar-refractivity contribution in [1.29, 1.82) is 0 Å². The lowest BCUT2D eigenvalue weighted by atomic mass is 10.2. The van der Waals surface area contributed by atoms with Gasteiger partial charge in [-0.05, 0) is 25.0 Å². The Kier molecular flexibility index (Phi) is 3.87. The van der Waals surface area contributed by atoms with Gasteiger partial charge in [-0.15, -0.1) is 0 Å². The summed E-state index contributed by atoms with van der Waals surface area (Å²) in [5, 5.41) is 9.41. The summed E-state index contributed by atoms with van der Waals surface area (Å²) in [5.41, 5.74) is 0.765. The minimum Gasteiger partial charge on any atom is -0.389 e. The van der Waals surface area contributed by atoms with Crippen molar-refractivity contribution >= 4 is 15.7 Å². The second-order valence-corrected chi connectivity index (χ2v) is 6.92. The maximum atomic E-state index is 11.5. The van der Waals surface area contributed by atoms with Crippen molar-refractivity contribution in [2.45, 2.75) is 19.4 Å². The summed E-state index contributed by atoms with van der Waals surface area (Å²) < 4.78 is 23.0. The molecule has 6 heteroatoms. The number of aromatic nitrogens is 1. The van der Waals surface area contributed by atoms with E-state index >= 15 is 0 Å². The van der Waals surface area contributed by atoms with E-state index in [1.807, 2.05) is 17.0 Å². The van der Waals surface area contributed by atoms with Crippen LogP contribution < -0.4 is 4.90 Å². The van der Waals surface area contributed by atoms with E-state index in [-0.39, 0.29) is 11.5 Å². The molecule has 5 nitrogen and oxygen atoms in total. The van der Waals surface area contributed by atoms with E-state index in [0.29, 0.717) is 19.5 Å². The predicted molar refractivity (Wildman–Crippen MR) is 70.4 cm³/mol. The van der Waals surface area contributed by atoms with Gasteiger partial charge in [0.15, 0.2) is 9.84 Å². The third-order valence-corrected chi connectivity index (χ3v) is 4.85. The zero-order valence-corrected chi connectivity index (χ0v) is 11.2. The molecule has 1 saturated heterocycles. The van der Waals surface area contributed by atoms with E-state index < -0.39 is 15.9 Å². The standard InChI is InChI=1S/C12H18N2O3S/c1-10(15)11-3-4-12(13-9-11)14-5-2-7-18(16,17)8-6-14/h3-4,9-10,15H,2,5-8H2,1H3/t10-/m1/s1. The van der Waals surface area contributed by atoms with Gasteiger partial charge in [-0.25, -0.2) is 13.4 Å². The van der Waals surface area contributed by atoms with Crippen LogP contribution in [0.5, 0.6) is 0 Å². The lowest BCUT2D eigenvalue weighted by molar-refractivity contribution is 0.199. The third-order valence-electron chi connectivity index (χ3n) is 3.13. The Morgan fingerprint density at radius 2 is 2.11 bits per heavy atom. The highest BCUT2D eigenvalue weighted by atomic mass is 32.2. The van der Waals surface area contributed by atoms with Crippen molar-refractivity contribution in [3.63, 3.8) is 0 Å². The molecule has 1 aromatic rings. The maximum absolute atomic E-state index is 11.5. The van der Waals surface area contributed by atoms with Gasteiger partial charge in [0.05, 0.1) is 17.6 Å². The molecule has 1 fully saturated rings. The lowest BCUT2D eigenvalue weighted by Crippen LogP contribution is -2.27. The molecule has 2 rings (SSSR count). The molecule has 1 aliphatic heterocycles. The summed E-state index contributed by atoms with van der Waals surface area (Å²) in [5.74, 6) is 1.22. The zero-order valence-electron chi connectivity index (χ0n) is 10.4. The average molecular weight is 270 g/mol. The van der Waals surface area contributed by atoms with Gasteiger partial charge in [0, 0.05) is 19.3 Å². The molecule has 0 saturated carbocycles. The van der Waals surface area contributed by atoms with Crippen LogP contribution in [0.4, 0.5) is 5.82 Å². The monoisotopic (exact) mass is 270 g/mol. The van der Waals surface area contributed by atoms with Crippen molar-refractivity contribution in [3.05, 3.63) is 23.9 Å². The van der Waals surface area contributed by atoms with Crippen LogP contribution in [0.1, 0.15) is 25.0 Å². The Morgan fingerprint density at radius 3 is 2.72 bits per heavy atom. The summed E-state index contributed by atoms with van der Waals surface area (Å²) in [4.78, 5) is 6.27. The molecule has 0 unspecified atom stereocenters. The molecule has 0 aliphatic carbocycles. The Morgan fingerprint density at radius 1 is 1.33 bits per heavy atom. The van der Waals surface area contributed by atoms with E-state index in [1.54, 1.807) is 13.1 Å². The smallest absolute Gasteiger partial charge is 0.152 e. The Bertz CT molecular complexity index is 497. The number of aliphatic hydroxyl groups is 1. The van der Waals surface area contributed by atoms with Crippen LogP contribution in [0.25, 0.3) is 0 Å². The van der Waals surface area contributed by atoms with Gasteiger partial charge in [-0.3, -0.25) is 0 Å². The topological polar surface area (TPSA) is 70.5 Å². The molecule has 0 amide bonds. The first-order valence-electron chi connectivity index (χ1n) is 6.07. The summed E-state index contributed by atoms with van der Waals surface area (Å²) in [6, 6.07) is 3.66. The maximum Gasteiger partial charge on any atom is 0.152 e. The quantitative estimate of drug-likeness (QED) is 0.859. The van der Waals surface area contributed by atoms with Crippen LogP contribution in [0.2, 0.25) is 0 Å². The van der Waals surface area contributed by atoms with E-state index in [9.17, 15) is 13.5 Å². The highest BCUT2D eigenvalue weighted by Crippen LogP contribution is 2.17. The molecule has 1 atom stereocenters. The molecule has 0 spiro atoms. The highest BCUT2D eigenvalue weighted by Gasteiger charge is 2.19. The number of anilines is 1. The molecule has 0 aromatic carbocycles. The third kappa shape index (κ3) is 3.20.